The zero-order valence-electron chi connectivity index (χ0n) is 15.2. The fourth-order valence-corrected chi connectivity index (χ4v) is 3.00. The maximum atomic E-state index is 12.0. The van der Waals surface area contributed by atoms with Gasteiger partial charge < -0.3 is 15.2 Å². The van der Waals surface area contributed by atoms with E-state index in [0.717, 1.165) is 36.4 Å². The Bertz CT molecular complexity index is 795. The van der Waals surface area contributed by atoms with Crippen molar-refractivity contribution in [3.05, 3.63) is 66.0 Å². The zero-order chi connectivity index (χ0) is 18.2. The first kappa shape index (κ1) is 18.1. The predicted octanol–water partition coefficient (Wildman–Crippen LogP) is 3.13. The van der Waals surface area contributed by atoms with Crippen molar-refractivity contribution >= 4 is 16.9 Å². The van der Waals surface area contributed by atoms with E-state index in [9.17, 15) is 4.79 Å². The summed E-state index contributed by atoms with van der Waals surface area (Å²) in [4.78, 5) is 22.0. The number of hydrogen-bond donors (Lipinski definition) is 2. The molecule has 0 spiro atoms. The number of para-hydroxylation sites is 2. The molecule has 1 heterocycles. The Morgan fingerprint density at radius 3 is 2.69 bits per heavy atom. The number of nitrogens with zero attached hydrogens (tertiary/aromatic N) is 2. The minimum atomic E-state index is 0.0798. The van der Waals surface area contributed by atoms with Gasteiger partial charge in [0.1, 0.15) is 5.82 Å². The number of fused-ring (bicyclic) bond motifs is 1. The molecule has 0 aliphatic rings. The van der Waals surface area contributed by atoms with E-state index in [1.54, 1.807) is 0 Å². The van der Waals surface area contributed by atoms with E-state index in [4.69, 9.17) is 0 Å². The summed E-state index contributed by atoms with van der Waals surface area (Å²) < 4.78 is 0. The molecule has 0 aliphatic carbocycles. The third kappa shape index (κ3) is 5.43. The number of aromatic nitrogens is 2. The van der Waals surface area contributed by atoms with Gasteiger partial charge in [0.15, 0.2) is 0 Å². The molecule has 0 radical (unpaired) electrons. The Morgan fingerprint density at radius 2 is 1.88 bits per heavy atom. The number of H-pyrrole nitrogens is 1. The van der Waals surface area contributed by atoms with Gasteiger partial charge in [-0.15, -0.1) is 0 Å². The van der Waals surface area contributed by atoms with E-state index in [0.29, 0.717) is 19.4 Å². The van der Waals surface area contributed by atoms with Gasteiger partial charge in [-0.25, -0.2) is 4.98 Å². The molecule has 3 rings (SSSR count). The zero-order valence-corrected chi connectivity index (χ0v) is 15.2. The molecular formula is C21H26N4O. The molecule has 5 nitrogen and oxygen atoms in total. The smallest absolute Gasteiger partial charge is 0.220 e. The standard InChI is InChI=1S/C21H26N4O/c1-25(16-17-8-3-2-4-9-17)15-7-14-22-21(26)13-12-20-23-18-10-5-6-11-19(18)24-20/h2-6,8-11H,7,12-16H2,1H3,(H,22,26)(H,23,24). The molecule has 136 valence electrons. The summed E-state index contributed by atoms with van der Waals surface area (Å²) in [6.45, 7) is 2.59. The Balaban J connectivity index is 1.31. The van der Waals surface area contributed by atoms with Gasteiger partial charge in [-0.05, 0) is 37.7 Å². The van der Waals surface area contributed by atoms with Crippen molar-refractivity contribution in [2.75, 3.05) is 20.1 Å². The highest BCUT2D eigenvalue weighted by atomic mass is 16.1. The van der Waals surface area contributed by atoms with Crippen LogP contribution < -0.4 is 5.32 Å². The van der Waals surface area contributed by atoms with Gasteiger partial charge in [-0.3, -0.25) is 4.79 Å². The second-order valence-corrected chi connectivity index (χ2v) is 6.63. The van der Waals surface area contributed by atoms with Gasteiger partial charge >= 0.3 is 0 Å². The Labute approximate surface area is 154 Å². The number of nitrogens with one attached hydrogen (secondary N) is 2. The minimum absolute atomic E-state index is 0.0798. The lowest BCUT2D eigenvalue weighted by Gasteiger charge is -2.16. The average Bonchev–Trinajstić information content (AvgIpc) is 3.07. The first-order valence-electron chi connectivity index (χ1n) is 9.13. The van der Waals surface area contributed by atoms with Crippen molar-refractivity contribution in [2.24, 2.45) is 0 Å². The second kappa shape index (κ2) is 9.15. The fourth-order valence-electron chi connectivity index (χ4n) is 3.00. The summed E-state index contributed by atoms with van der Waals surface area (Å²) in [5, 5.41) is 3.00. The molecular weight excluding hydrogens is 324 g/mol. The van der Waals surface area contributed by atoms with Crippen LogP contribution >= 0.6 is 0 Å². The SMILES string of the molecule is CN(CCCNC(=O)CCc1nc2ccccc2[nH]1)Cc1ccccc1. The summed E-state index contributed by atoms with van der Waals surface area (Å²) in [6, 6.07) is 18.3. The van der Waals surface area contributed by atoms with Crippen LogP contribution in [0.15, 0.2) is 54.6 Å². The molecule has 0 aliphatic heterocycles. The fraction of sp³-hybridized carbons (Fsp3) is 0.333. The molecule has 26 heavy (non-hydrogen) atoms. The highest BCUT2D eigenvalue weighted by Crippen LogP contribution is 2.11. The third-order valence-electron chi connectivity index (χ3n) is 4.36. The van der Waals surface area contributed by atoms with Gasteiger partial charge in [0, 0.05) is 25.9 Å². The number of benzene rings is 2. The highest BCUT2D eigenvalue weighted by Gasteiger charge is 2.06. The third-order valence-corrected chi connectivity index (χ3v) is 4.36. The van der Waals surface area contributed by atoms with Crippen molar-refractivity contribution in [1.82, 2.24) is 20.2 Å². The van der Waals surface area contributed by atoms with Crippen LogP contribution in [0.3, 0.4) is 0 Å². The maximum absolute atomic E-state index is 12.0. The van der Waals surface area contributed by atoms with Gasteiger partial charge in [0.25, 0.3) is 0 Å². The summed E-state index contributed by atoms with van der Waals surface area (Å²) in [7, 11) is 2.11. The van der Waals surface area contributed by atoms with E-state index in [1.807, 2.05) is 30.3 Å². The normalized spacial score (nSPS) is 11.2. The average molecular weight is 350 g/mol. The van der Waals surface area contributed by atoms with Crippen LogP contribution in [0.4, 0.5) is 0 Å². The largest absolute Gasteiger partial charge is 0.356 e. The molecule has 0 unspecified atom stereocenters. The van der Waals surface area contributed by atoms with E-state index < -0.39 is 0 Å². The van der Waals surface area contributed by atoms with Gasteiger partial charge in [-0.2, -0.15) is 0 Å². The lowest BCUT2D eigenvalue weighted by atomic mass is 10.2. The number of carbonyl (C=O) groups is 1. The minimum Gasteiger partial charge on any atom is -0.356 e. The molecule has 2 aromatic carbocycles. The van der Waals surface area contributed by atoms with Crippen LogP contribution in [0.1, 0.15) is 24.2 Å². The molecule has 1 amide bonds. The number of aryl methyl sites for hydroxylation is 1. The molecule has 5 heteroatoms. The van der Waals surface area contributed by atoms with Crippen LogP contribution in [0.2, 0.25) is 0 Å². The van der Waals surface area contributed by atoms with Crippen LogP contribution in [-0.2, 0) is 17.8 Å². The lowest BCUT2D eigenvalue weighted by molar-refractivity contribution is -0.121. The molecule has 0 fully saturated rings. The van der Waals surface area contributed by atoms with Gasteiger partial charge in [-0.1, -0.05) is 42.5 Å². The molecule has 3 aromatic rings. The molecule has 1 aromatic heterocycles. The molecule has 2 N–H and O–H groups in total. The van der Waals surface area contributed by atoms with Crippen LogP contribution in [0.25, 0.3) is 11.0 Å². The van der Waals surface area contributed by atoms with Gasteiger partial charge in [0.05, 0.1) is 11.0 Å². The van der Waals surface area contributed by atoms with E-state index >= 15 is 0 Å². The molecule has 0 atom stereocenters. The van der Waals surface area contributed by atoms with Crippen molar-refractivity contribution in [3.63, 3.8) is 0 Å². The molecule has 0 saturated carbocycles. The summed E-state index contributed by atoms with van der Waals surface area (Å²) in [6.07, 6.45) is 2.04. The van der Waals surface area contributed by atoms with Crippen LogP contribution in [-0.4, -0.2) is 40.9 Å². The monoisotopic (exact) mass is 350 g/mol. The number of hydrogen-bond acceptors (Lipinski definition) is 3. The lowest BCUT2D eigenvalue weighted by Crippen LogP contribution is -2.28. The Kier molecular flexibility index (Phi) is 6.39. The van der Waals surface area contributed by atoms with E-state index in [-0.39, 0.29) is 5.91 Å². The first-order chi connectivity index (χ1) is 12.7. The molecule has 0 saturated heterocycles. The van der Waals surface area contributed by atoms with Crippen LogP contribution in [0.5, 0.6) is 0 Å². The number of imidazole rings is 1. The Hall–Kier alpha value is -2.66. The van der Waals surface area contributed by atoms with Crippen molar-refractivity contribution < 1.29 is 4.79 Å². The van der Waals surface area contributed by atoms with Crippen molar-refractivity contribution in [1.29, 1.82) is 0 Å². The number of carbonyl (C=O) groups excluding carboxylic acids is 1. The first-order valence-corrected chi connectivity index (χ1v) is 9.13. The second-order valence-electron chi connectivity index (χ2n) is 6.63. The number of amides is 1. The van der Waals surface area contributed by atoms with Crippen LogP contribution in [0, 0.1) is 0 Å². The van der Waals surface area contributed by atoms with Crippen molar-refractivity contribution in [2.45, 2.75) is 25.8 Å². The quantitative estimate of drug-likeness (QED) is 0.583. The highest BCUT2D eigenvalue weighted by molar-refractivity contribution is 5.77. The summed E-state index contributed by atoms with van der Waals surface area (Å²) >= 11 is 0. The number of rotatable bonds is 9. The van der Waals surface area contributed by atoms with E-state index in [2.05, 4.69) is 51.5 Å². The maximum Gasteiger partial charge on any atom is 0.220 e. The van der Waals surface area contributed by atoms with Crippen molar-refractivity contribution in [3.8, 4) is 0 Å². The summed E-state index contributed by atoms with van der Waals surface area (Å²) in [5.41, 5.74) is 3.28. The van der Waals surface area contributed by atoms with Gasteiger partial charge in [0.2, 0.25) is 5.91 Å². The predicted molar refractivity (Wildman–Crippen MR) is 105 cm³/mol. The van der Waals surface area contributed by atoms with E-state index in [1.165, 1.54) is 5.56 Å². The number of aromatic amines is 1. The topological polar surface area (TPSA) is 61.0 Å². The Morgan fingerprint density at radius 1 is 1.12 bits per heavy atom. The summed E-state index contributed by atoms with van der Waals surface area (Å²) in [5.74, 6) is 0.945. The molecule has 0 bridgehead atoms.